The summed E-state index contributed by atoms with van der Waals surface area (Å²) in [4.78, 5) is 1.86. The van der Waals surface area contributed by atoms with E-state index in [9.17, 15) is 0 Å². The quantitative estimate of drug-likeness (QED) is 0.466. The van der Waals surface area contributed by atoms with Crippen LogP contribution in [-0.4, -0.2) is 5.88 Å². The number of hydrogen-bond acceptors (Lipinski definition) is 0. The second-order valence-corrected chi connectivity index (χ2v) is 2.10. The van der Waals surface area contributed by atoms with Gasteiger partial charge < -0.3 is 0 Å². The van der Waals surface area contributed by atoms with E-state index in [-0.39, 0.29) is 0 Å². The van der Waals surface area contributed by atoms with Crippen molar-refractivity contribution in [1.82, 2.24) is 0 Å². The summed E-state index contributed by atoms with van der Waals surface area (Å²) in [6, 6.07) is 0. The summed E-state index contributed by atoms with van der Waals surface area (Å²) in [6.07, 6.45) is 4.20. The van der Waals surface area contributed by atoms with Crippen molar-refractivity contribution in [2.75, 3.05) is 5.88 Å². The van der Waals surface area contributed by atoms with Gasteiger partial charge in [-0.25, -0.2) is 0 Å². The van der Waals surface area contributed by atoms with E-state index in [1.807, 2.05) is 11.1 Å². The van der Waals surface area contributed by atoms with Crippen LogP contribution in [0.15, 0.2) is 11.1 Å². The van der Waals surface area contributed by atoms with Gasteiger partial charge in [0.05, 0.1) is 0 Å². The summed E-state index contributed by atoms with van der Waals surface area (Å²) in [5.74, 6) is 0.761. The van der Waals surface area contributed by atoms with Gasteiger partial charge in [0.15, 0.2) is 0 Å². The molecule has 0 aliphatic carbocycles. The number of alkyl halides is 1. The standard InChI is InChI=1S/C5H8BrCl/c6-4-2-1-3-5-7/h2,4H,1,3,5H2. The zero-order valence-electron chi connectivity index (χ0n) is 4.03. The summed E-state index contributed by atoms with van der Waals surface area (Å²) in [6.45, 7) is 0. The molecule has 0 aromatic carbocycles. The number of halogens is 2. The number of hydrogen-bond donors (Lipinski definition) is 0. The van der Waals surface area contributed by atoms with E-state index in [2.05, 4.69) is 15.9 Å². The Kier molecular flexibility index (Phi) is 6.98. The molecule has 0 saturated carbocycles. The summed E-state index contributed by atoms with van der Waals surface area (Å²) >= 11 is 8.54. The molecule has 0 spiro atoms. The molecule has 2 heteroatoms. The van der Waals surface area contributed by atoms with Gasteiger partial charge in [-0.05, 0) is 17.8 Å². The van der Waals surface area contributed by atoms with Gasteiger partial charge in [-0.3, -0.25) is 0 Å². The highest BCUT2D eigenvalue weighted by Crippen LogP contribution is 1.94. The molecule has 0 bridgehead atoms. The Bertz CT molecular complexity index is 52.0. The highest BCUT2D eigenvalue weighted by molar-refractivity contribution is 9.11. The second-order valence-electron chi connectivity index (χ2n) is 1.19. The van der Waals surface area contributed by atoms with Gasteiger partial charge in [0.25, 0.3) is 0 Å². The first-order valence-corrected chi connectivity index (χ1v) is 3.68. The monoisotopic (exact) mass is 182 g/mol. The molecular weight excluding hydrogens is 175 g/mol. The molecule has 0 radical (unpaired) electrons. The molecule has 0 nitrogen and oxygen atoms in total. The lowest BCUT2D eigenvalue weighted by Crippen LogP contribution is -1.68. The molecule has 0 aromatic heterocycles. The molecule has 0 aliphatic heterocycles. The van der Waals surface area contributed by atoms with Crippen LogP contribution in [0.2, 0.25) is 0 Å². The third-order valence-corrected chi connectivity index (χ3v) is 1.23. The Labute approximate surface area is 57.7 Å². The van der Waals surface area contributed by atoms with Gasteiger partial charge in [0.2, 0.25) is 0 Å². The van der Waals surface area contributed by atoms with Crippen LogP contribution in [0.25, 0.3) is 0 Å². The van der Waals surface area contributed by atoms with Crippen LogP contribution in [0.3, 0.4) is 0 Å². The van der Waals surface area contributed by atoms with Crippen molar-refractivity contribution in [2.45, 2.75) is 12.8 Å². The van der Waals surface area contributed by atoms with Gasteiger partial charge in [0.1, 0.15) is 0 Å². The van der Waals surface area contributed by atoms with Crippen LogP contribution >= 0.6 is 27.5 Å². The largest absolute Gasteiger partial charge is 0.127 e. The predicted octanol–water partition coefficient (Wildman–Crippen LogP) is 2.91. The third-order valence-electron chi connectivity index (χ3n) is 0.594. The average molecular weight is 183 g/mol. The highest BCUT2D eigenvalue weighted by Gasteiger charge is 1.75. The first-order valence-electron chi connectivity index (χ1n) is 2.23. The van der Waals surface area contributed by atoms with Gasteiger partial charge in [0, 0.05) is 5.88 Å². The lowest BCUT2D eigenvalue weighted by Gasteiger charge is -1.81. The minimum atomic E-state index is 0.761. The third kappa shape index (κ3) is 6.51. The van der Waals surface area contributed by atoms with Crippen molar-refractivity contribution in [2.24, 2.45) is 0 Å². The Morgan fingerprint density at radius 2 is 2.29 bits per heavy atom. The molecule has 42 valence electrons. The van der Waals surface area contributed by atoms with Crippen LogP contribution in [0.5, 0.6) is 0 Å². The second kappa shape index (κ2) is 6.51. The lowest BCUT2D eigenvalue weighted by molar-refractivity contribution is 0.968. The van der Waals surface area contributed by atoms with E-state index in [0.29, 0.717) is 0 Å². The molecule has 0 amide bonds. The van der Waals surface area contributed by atoms with Crippen molar-refractivity contribution in [3.05, 3.63) is 11.1 Å². The average Bonchev–Trinajstić information content (AvgIpc) is 1.69. The van der Waals surface area contributed by atoms with E-state index in [1.54, 1.807) is 0 Å². The topological polar surface area (TPSA) is 0 Å². The fourth-order valence-corrected chi connectivity index (χ4v) is 0.677. The van der Waals surface area contributed by atoms with Crippen molar-refractivity contribution in [3.63, 3.8) is 0 Å². The van der Waals surface area contributed by atoms with Crippen molar-refractivity contribution >= 4 is 27.5 Å². The zero-order valence-corrected chi connectivity index (χ0v) is 6.37. The van der Waals surface area contributed by atoms with Gasteiger partial charge >= 0.3 is 0 Å². The van der Waals surface area contributed by atoms with Crippen LogP contribution in [0, 0.1) is 0 Å². The first kappa shape index (κ1) is 7.51. The number of unbranched alkanes of at least 4 members (excludes halogenated alkanes) is 1. The highest BCUT2D eigenvalue weighted by atomic mass is 79.9. The van der Waals surface area contributed by atoms with Crippen LogP contribution in [0.1, 0.15) is 12.8 Å². The van der Waals surface area contributed by atoms with Crippen LogP contribution in [-0.2, 0) is 0 Å². The van der Waals surface area contributed by atoms with Crippen LogP contribution < -0.4 is 0 Å². The Balaban J connectivity index is 2.69. The molecule has 7 heavy (non-hydrogen) atoms. The van der Waals surface area contributed by atoms with Crippen LogP contribution in [0.4, 0.5) is 0 Å². The van der Waals surface area contributed by atoms with E-state index >= 15 is 0 Å². The Morgan fingerprint density at radius 1 is 1.57 bits per heavy atom. The molecule has 0 aromatic rings. The van der Waals surface area contributed by atoms with E-state index < -0.39 is 0 Å². The summed E-state index contributed by atoms with van der Waals surface area (Å²) in [7, 11) is 0. The minimum Gasteiger partial charge on any atom is -0.127 e. The maximum absolute atomic E-state index is 5.39. The predicted molar refractivity (Wildman–Crippen MR) is 38.0 cm³/mol. The molecule has 0 fully saturated rings. The maximum Gasteiger partial charge on any atom is 0.0226 e. The smallest absolute Gasteiger partial charge is 0.0226 e. The fourth-order valence-electron chi connectivity index (χ4n) is 0.258. The number of rotatable bonds is 3. The summed E-state index contributed by atoms with van der Waals surface area (Å²) < 4.78 is 0. The van der Waals surface area contributed by atoms with E-state index in [4.69, 9.17) is 11.6 Å². The van der Waals surface area contributed by atoms with Gasteiger partial charge in [-0.2, -0.15) is 0 Å². The maximum atomic E-state index is 5.39. The molecule has 0 atom stereocenters. The molecule has 0 aliphatic rings. The molecule has 0 saturated heterocycles. The molecule has 0 heterocycles. The first-order chi connectivity index (χ1) is 3.41. The SMILES string of the molecule is ClCCCC=CBr. The molecule has 0 rings (SSSR count). The zero-order chi connectivity index (χ0) is 5.54. The van der Waals surface area contributed by atoms with Crippen molar-refractivity contribution in [1.29, 1.82) is 0 Å². The molecular formula is C5H8BrCl. The minimum absolute atomic E-state index is 0.761. The van der Waals surface area contributed by atoms with E-state index in [1.165, 1.54) is 0 Å². The normalized spacial score (nSPS) is 10.6. The fraction of sp³-hybridized carbons (Fsp3) is 0.600. The molecule has 0 unspecified atom stereocenters. The van der Waals surface area contributed by atoms with Crippen molar-refractivity contribution in [3.8, 4) is 0 Å². The summed E-state index contributed by atoms with van der Waals surface area (Å²) in [5, 5.41) is 0. The van der Waals surface area contributed by atoms with Crippen molar-refractivity contribution < 1.29 is 0 Å². The lowest BCUT2D eigenvalue weighted by atomic mass is 10.3. The molecule has 0 N–H and O–H groups in total. The number of allylic oxidation sites excluding steroid dienone is 1. The van der Waals surface area contributed by atoms with Gasteiger partial charge in [-0.15, -0.1) is 11.6 Å². The Morgan fingerprint density at radius 3 is 2.71 bits per heavy atom. The summed E-state index contributed by atoms with van der Waals surface area (Å²) in [5.41, 5.74) is 0. The van der Waals surface area contributed by atoms with Gasteiger partial charge in [-0.1, -0.05) is 22.0 Å². The Hall–Kier alpha value is 0.510. The van der Waals surface area contributed by atoms with E-state index in [0.717, 1.165) is 18.7 Å².